The number of carbonyl (C=O) groups is 1. The summed E-state index contributed by atoms with van der Waals surface area (Å²) in [6.07, 6.45) is 0. The van der Waals surface area contributed by atoms with E-state index in [9.17, 15) is 9.18 Å². The maximum absolute atomic E-state index is 13.4. The van der Waals surface area contributed by atoms with Crippen molar-refractivity contribution in [1.82, 2.24) is 15.5 Å². The second kappa shape index (κ2) is 8.53. The van der Waals surface area contributed by atoms with E-state index >= 15 is 0 Å². The topological polar surface area (TPSA) is 89.7 Å². The summed E-state index contributed by atoms with van der Waals surface area (Å²) >= 11 is 0. The first kappa shape index (κ1) is 21.8. The number of nitrogens with one attached hydrogen (secondary N) is 1. The monoisotopic (exact) mass is 484 g/mol. The first-order valence-corrected chi connectivity index (χ1v) is 11.4. The average Bonchev–Trinajstić information content (AvgIpc) is 3.54. The molecule has 0 spiro atoms. The number of aromatic nitrogens is 2. The quantitative estimate of drug-likeness (QED) is 0.405. The Balaban J connectivity index is 1.48. The zero-order chi connectivity index (χ0) is 24.8. The van der Waals surface area contributed by atoms with E-state index in [-0.39, 0.29) is 24.5 Å². The number of ether oxygens (including phenoxy) is 2. The molecule has 36 heavy (non-hydrogen) atoms. The zero-order valence-corrected chi connectivity index (χ0v) is 19.5. The second-order valence-electron chi connectivity index (χ2n) is 8.60. The Labute approximate surface area is 206 Å². The number of anilines is 1. The van der Waals surface area contributed by atoms with Crippen molar-refractivity contribution in [3.05, 3.63) is 95.3 Å². The van der Waals surface area contributed by atoms with E-state index in [4.69, 9.17) is 14.0 Å². The van der Waals surface area contributed by atoms with Gasteiger partial charge in [-0.05, 0) is 55.8 Å². The fourth-order valence-corrected chi connectivity index (χ4v) is 4.41. The van der Waals surface area contributed by atoms with Gasteiger partial charge in [0.05, 0.1) is 17.3 Å². The van der Waals surface area contributed by atoms with Gasteiger partial charge in [-0.3, -0.25) is 4.90 Å². The smallest absolute Gasteiger partial charge is 0.327 e. The molecule has 0 aliphatic carbocycles. The van der Waals surface area contributed by atoms with Gasteiger partial charge in [0.25, 0.3) is 5.89 Å². The van der Waals surface area contributed by atoms with E-state index in [1.807, 2.05) is 38.1 Å². The molecule has 2 aliphatic rings. The highest BCUT2D eigenvalue weighted by Gasteiger charge is 2.37. The average molecular weight is 484 g/mol. The van der Waals surface area contributed by atoms with Crippen LogP contribution in [0.2, 0.25) is 0 Å². The van der Waals surface area contributed by atoms with Gasteiger partial charge in [0.15, 0.2) is 11.5 Å². The minimum Gasteiger partial charge on any atom is -0.454 e. The van der Waals surface area contributed by atoms with Crippen molar-refractivity contribution < 1.29 is 23.2 Å². The molecule has 3 aromatic carbocycles. The Morgan fingerprint density at radius 3 is 2.50 bits per heavy atom. The number of hydrogen-bond donors (Lipinski definition) is 1. The Hall–Kier alpha value is -4.66. The fourth-order valence-electron chi connectivity index (χ4n) is 4.41. The second-order valence-corrected chi connectivity index (χ2v) is 8.60. The van der Waals surface area contributed by atoms with Crippen LogP contribution in [0.4, 0.5) is 14.9 Å². The summed E-state index contributed by atoms with van der Waals surface area (Å²) in [4.78, 5) is 19.6. The van der Waals surface area contributed by atoms with Crippen LogP contribution in [0.3, 0.4) is 0 Å². The molecular weight excluding hydrogens is 463 g/mol. The summed E-state index contributed by atoms with van der Waals surface area (Å²) in [6.45, 7) is 3.97. The molecule has 6 rings (SSSR count). The first-order valence-electron chi connectivity index (χ1n) is 11.4. The maximum atomic E-state index is 13.4. The van der Waals surface area contributed by atoms with Gasteiger partial charge in [0, 0.05) is 17.3 Å². The molecule has 0 radical (unpaired) electrons. The predicted molar refractivity (Wildman–Crippen MR) is 130 cm³/mol. The van der Waals surface area contributed by atoms with E-state index in [1.165, 1.54) is 12.1 Å². The van der Waals surface area contributed by atoms with Crippen molar-refractivity contribution in [1.29, 1.82) is 0 Å². The maximum Gasteiger partial charge on any atom is 0.327 e. The number of amides is 2. The van der Waals surface area contributed by atoms with Gasteiger partial charge in [0.1, 0.15) is 5.82 Å². The van der Waals surface area contributed by atoms with Crippen molar-refractivity contribution in [3.63, 3.8) is 0 Å². The third-order valence-corrected chi connectivity index (χ3v) is 6.27. The van der Waals surface area contributed by atoms with Crippen LogP contribution >= 0.6 is 0 Å². The summed E-state index contributed by atoms with van der Waals surface area (Å²) in [7, 11) is 0. The van der Waals surface area contributed by atoms with E-state index in [0.29, 0.717) is 39.8 Å². The third-order valence-electron chi connectivity index (χ3n) is 6.27. The molecule has 180 valence electrons. The highest BCUT2D eigenvalue weighted by Crippen LogP contribution is 2.42. The molecule has 3 heterocycles. The van der Waals surface area contributed by atoms with Crippen molar-refractivity contribution in [2.24, 2.45) is 0 Å². The van der Waals surface area contributed by atoms with Gasteiger partial charge >= 0.3 is 6.03 Å². The summed E-state index contributed by atoms with van der Waals surface area (Å²) < 4.78 is 30.0. The number of hydrogen-bond acceptors (Lipinski definition) is 6. The SMILES string of the molecule is CC1=C(c2nc(-c3ccc(F)cc3)no2)C(c2ccc(C)cc2)NC(=O)N1c1ccc2c(c1)OCO2. The minimum atomic E-state index is -0.523. The Morgan fingerprint density at radius 1 is 0.972 bits per heavy atom. The van der Waals surface area contributed by atoms with Crippen LogP contribution in [0.15, 0.2) is 77.0 Å². The molecule has 1 atom stereocenters. The van der Waals surface area contributed by atoms with Gasteiger partial charge in [-0.2, -0.15) is 4.98 Å². The normalized spacial score (nSPS) is 16.9. The van der Waals surface area contributed by atoms with Crippen molar-refractivity contribution >= 4 is 17.3 Å². The van der Waals surface area contributed by atoms with Gasteiger partial charge in [-0.1, -0.05) is 35.0 Å². The van der Waals surface area contributed by atoms with E-state index < -0.39 is 6.04 Å². The number of allylic oxidation sites excluding steroid dienone is 1. The summed E-state index contributed by atoms with van der Waals surface area (Å²) in [5, 5.41) is 7.21. The molecule has 0 fully saturated rings. The van der Waals surface area contributed by atoms with Crippen LogP contribution < -0.4 is 19.7 Å². The number of halogens is 1. The Morgan fingerprint density at radius 2 is 1.72 bits per heavy atom. The van der Waals surface area contributed by atoms with Crippen LogP contribution in [0, 0.1) is 12.7 Å². The third kappa shape index (κ3) is 3.74. The van der Waals surface area contributed by atoms with Crippen molar-refractivity contribution in [2.45, 2.75) is 19.9 Å². The Kier molecular flexibility index (Phi) is 5.18. The molecule has 1 aromatic heterocycles. The molecule has 8 nitrogen and oxygen atoms in total. The van der Waals surface area contributed by atoms with Crippen LogP contribution in [0.1, 0.15) is 30.0 Å². The predicted octanol–water partition coefficient (Wildman–Crippen LogP) is 5.61. The molecular formula is C27H21FN4O4. The molecule has 1 unspecified atom stereocenters. The molecule has 2 amide bonds. The number of urea groups is 1. The lowest BCUT2D eigenvalue weighted by Gasteiger charge is -2.35. The van der Waals surface area contributed by atoms with Crippen LogP contribution in [-0.2, 0) is 0 Å². The highest BCUT2D eigenvalue weighted by molar-refractivity contribution is 6.01. The van der Waals surface area contributed by atoms with Gasteiger partial charge in [-0.15, -0.1) is 0 Å². The summed E-state index contributed by atoms with van der Waals surface area (Å²) in [5.41, 5.74) is 4.46. The fraction of sp³-hybridized carbons (Fsp3) is 0.148. The molecule has 0 bridgehead atoms. The van der Waals surface area contributed by atoms with E-state index in [2.05, 4.69) is 15.5 Å². The van der Waals surface area contributed by atoms with Crippen LogP contribution in [0.25, 0.3) is 17.0 Å². The number of benzene rings is 3. The first-order chi connectivity index (χ1) is 17.5. The minimum absolute atomic E-state index is 0.134. The number of aryl methyl sites for hydroxylation is 1. The zero-order valence-electron chi connectivity index (χ0n) is 19.5. The van der Waals surface area contributed by atoms with E-state index in [1.54, 1.807) is 35.2 Å². The number of carbonyl (C=O) groups excluding carboxylic acids is 1. The van der Waals surface area contributed by atoms with Crippen molar-refractivity contribution in [3.8, 4) is 22.9 Å². The summed E-state index contributed by atoms with van der Waals surface area (Å²) in [5.74, 6) is 1.40. The molecule has 1 N–H and O–H groups in total. The van der Waals surface area contributed by atoms with Gasteiger partial charge < -0.3 is 19.3 Å². The molecule has 4 aromatic rings. The molecule has 0 saturated heterocycles. The Bertz CT molecular complexity index is 1500. The molecule has 2 aliphatic heterocycles. The molecule has 9 heteroatoms. The number of fused-ring (bicyclic) bond motifs is 1. The lowest BCUT2D eigenvalue weighted by atomic mass is 9.94. The highest BCUT2D eigenvalue weighted by atomic mass is 19.1. The van der Waals surface area contributed by atoms with E-state index in [0.717, 1.165) is 11.1 Å². The standard InChI is InChI=1S/C27H21FN4O4/c1-15-3-5-17(6-4-15)24-23(26-30-25(31-36-26)18-7-9-19(28)10-8-18)16(2)32(27(33)29-24)20-11-12-21-22(13-20)35-14-34-21/h3-13,24H,14H2,1-2H3,(H,29,33). The lowest BCUT2D eigenvalue weighted by molar-refractivity contribution is 0.174. The van der Waals surface area contributed by atoms with Crippen molar-refractivity contribution in [2.75, 3.05) is 11.7 Å². The number of nitrogens with zero attached hydrogens (tertiary/aromatic N) is 3. The number of rotatable bonds is 4. The molecule has 0 saturated carbocycles. The van der Waals surface area contributed by atoms with Crippen LogP contribution in [0.5, 0.6) is 11.5 Å². The lowest BCUT2D eigenvalue weighted by Crippen LogP contribution is -2.46. The van der Waals surface area contributed by atoms with Gasteiger partial charge in [-0.25, -0.2) is 9.18 Å². The summed E-state index contributed by atoms with van der Waals surface area (Å²) in [6, 6.07) is 18.2. The van der Waals surface area contributed by atoms with Gasteiger partial charge in [0.2, 0.25) is 12.6 Å². The van der Waals surface area contributed by atoms with Crippen LogP contribution in [-0.4, -0.2) is 23.0 Å². The largest absolute Gasteiger partial charge is 0.454 e.